The maximum absolute atomic E-state index is 11.4. The lowest BCUT2D eigenvalue weighted by atomic mass is 10.1. The van der Waals surface area contributed by atoms with Gasteiger partial charge in [0.1, 0.15) is 5.71 Å². The molecule has 0 unspecified atom stereocenters. The minimum Gasteiger partial charge on any atom is -0.399 e. The molecule has 1 amide bonds. The summed E-state index contributed by atoms with van der Waals surface area (Å²) >= 11 is 0. The van der Waals surface area contributed by atoms with Gasteiger partial charge < -0.3 is 11.1 Å². The molecular formula is C10H11N3O. The van der Waals surface area contributed by atoms with Crippen molar-refractivity contribution in [2.75, 3.05) is 18.8 Å². The lowest BCUT2D eigenvalue weighted by Crippen LogP contribution is -2.37. The topological polar surface area (TPSA) is 67.5 Å². The summed E-state index contributed by atoms with van der Waals surface area (Å²) in [6, 6.07) is 7.14. The van der Waals surface area contributed by atoms with Gasteiger partial charge in [0.2, 0.25) is 0 Å². The predicted octanol–water partition coefficient (Wildman–Crippen LogP) is 0.188. The maximum atomic E-state index is 11.4. The summed E-state index contributed by atoms with van der Waals surface area (Å²) in [5.74, 6) is -0.110. The lowest BCUT2D eigenvalue weighted by Gasteiger charge is -2.12. The molecule has 1 aromatic carbocycles. The summed E-state index contributed by atoms with van der Waals surface area (Å²) in [5, 5.41) is 2.74. The molecule has 0 saturated carbocycles. The van der Waals surface area contributed by atoms with E-state index in [9.17, 15) is 4.79 Å². The highest BCUT2D eigenvalue weighted by Crippen LogP contribution is 2.08. The first-order chi connectivity index (χ1) is 6.77. The highest BCUT2D eigenvalue weighted by Gasteiger charge is 2.15. The van der Waals surface area contributed by atoms with Crippen molar-refractivity contribution >= 4 is 17.3 Å². The van der Waals surface area contributed by atoms with E-state index in [1.807, 2.05) is 0 Å². The molecule has 0 fully saturated rings. The van der Waals surface area contributed by atoms with Crippen LogP contribution in [0, 0.1) is 0 Å². The van der Waals surface area contributed by atoms with Gasteiger partial charge in [-0.2, -0.15) is 0 Å². The Morgan fingerprint density at radius 2 is 2.00 bits per heavy atom. The molecule has 2 rings (SSSR count). The van der Waals surface area contributed by atoms with Crippen LogP contribution >= 0.6 is 0 Å². The quantitative estimate of drug-likeness (QED) is 0.619. The summed E-state index contributed by atoms with van der Waals surface area (Å²) in [6.07, 6.45) is 0. The number of benzene rings is 1. The standard InChI is InChI=1S/C10H11N3O/c11-8-3-1-7(2-4-8)9-10(14)13-6-5-12-9/h1-4H,5-6,11H2,(H,13,14). The Morgan fingerprint density at radius 1 is 1.29 bits per heavy atom. The molecule has 3 N–H and O–H groups in total. The van der Waals surface area contributed by atoms with Gasteiger partial charge in [0.05, 0.1) is 6.54 Å². The number of carbonyl (C=O) groups is 1. The number of rotatable bonds is 1. The third-order valence-corrected chi connectivity index (χ3v) is 2.07. The van der Waals surface area contributed by atoms with Crippen molar-refractivity contribution in [3.63, 3.8) is 0 Å². The zero-order valence-corrected chi connectivity index (χ0v) is 7.66. The van der Waals surface area contributed by atoms with Crippen molar-refractivity contribution in [3.05, 3.63) is 29.8 Å². The minimum atomic E-state index is -0.110. The van der Waals surface area contributed by atoms with E-state index in [2.05, 4.69) is 10.3 Å². The molecule has 0 saturated heterocycles. The molecule has 72 valence electrons. The van der Waals surface area contributed by atoms with Gasteiger partial charge in [-0.25, -0.2) is 0 Å². The second-order valence-corrected chi connectivity index (χ2v) is 3.11. The van der Waals surface area contributed by atoms with E-state index >= 15 is 0 Å². The van der Waals surface area contributed by atoms with Crippen LogP contribution in [-0.2, 0) is 4.79 Å². The van der Waals surface area contributed by atoms with Crippen molar-refractivity contribution in [2.45, 2.75) is 0 Å². The predicted molar refractivity (Wildman–Crippen MR) is 55.3 cm³/mol. The average molecular weight is 189 g/mol. The van der Waals surface area contributed by atoms with Gasteiger partial charge >= 0.3 is 0 Å². The minimum absolute atomic E-state index is 0.110. The molecule has 1 aliphatic rings. The molecule has 0 bridgehead atoms. The largest absolute Gasteiger partial charge is 0.399 e. The Hall–Kier alpha value is -1.84. The number of amides is 1. The number of aliphatic imine (C=N–C) groups is 1. The Kier molecular flexibility index (Phi) is 2.18. The highest BCUT2D eigenvalue weighted by atomic mass is 16.2. The molecule has 4 nitrogen and oxygen atoms in total. The number of nitrogens with one attached hydrogen (secondary N) is 1. The molecule has 1 aliphatic heterocycles. The first-order valence-electron chi connectivity index (χ1n) is 4.46. The third kappa shape index (κ3) is 1.59. The molecule has 1 aromatic rings. The Morgan fingerprint density at radius 3 is 2.64 bits per heavy atom. The van der Waals surface area contributed by atoms with Crippen LogP contribution in [0.2, 0.25) is 0 Å². The van der Waals surface area contributed by atoms with Crippen LogP contribution in [0.1, 0.15) is 5.56 Å². The van der Waals surface area contributed by atoms with Gasteiger partial charge in [-0.05, 0) is 12.1 Å². The fraction of sp³-hybridized carbons (Fsp3) is 0.200. The van der Waals surface area contributed by atoms with Gasteiger partial charge in [0, 0.05) is 17.8 Å². The van der Waals surface area contributed by atoms with Crippen LogP contribution < -0.4 is 11.1 Å². The van der Waals surface area contributed by atoms with Crippen LogP contribution in [0.5, 0.6) is 0 Å². The highest BCUT2D eigenvalue weighted by molar-refractivity contribution is 6.45. The Labute approximate surface area is 81.8 Å². The first-order valence-corrected chi connectivity index (χ1v) is 4.46. The fourth-order valence-corrected chi connectivity index (χ4v) is 1.36. The van der Waals surface area contributed by atoms with Crippen LogP contribution in [0.3, 0.4) is 0 Å². The normalized spacial score (nSPS) is 16.0. The molecule has 0 aliphatic carbocycles. The van der Waals surface area contributed by atoms with Gasteiger partial charge in [-0.15, -0.1) is 0 Å². The lowest BCUT2D eigenvalue weighted by molar-refractivity contribution is -0.114. The third-order valence-electron chi connectivity index (χ3n) is 2.07. The van der Waals surface area contributed by atoms with Gasteiger partial charge in [-0.3, -0.25) is 9.79 Å². The van der Waals surface area contributed by atoms with Crippen LogP contribution in [0.15, 0.2) is 29.3 Å². The number of nitrogen functional groups attached to an aromatic ring is 1. The van der Waals surface area contributed by atoms with E-state index < -0.39 is 0 Å². The van der Waals surface area contributed by atoms with Gasteiger partial charge in [0.25, 0.3) is 5.91 Å². The monoisotopic (exact) mass is 189 g/mol. The number of nitrogens with zero attached hydrogens (tertiary/aromatic N) is 1. The molecule has 4 heteroatoms. The number of anilines is 1. The molecule has 1 heterocycles. The van der Waals surface area contributed by atoms with Crippen molar-refractivity contribution in [2.24, 2.45) is 4.99 Å². The summed E-state index contributed by atoms with van der Waals surface area (Å²) in [6.45, 7) is 1.27. The average Bonchev–Trinajstić information content (AvgIpc) is 2.20. The van der Waals surface area contributed by atoms with E-state index in [1.165, 1.54) is 0 Å². The van der Waals surface area contributed by atoms with E-state index in [4.69, 9.17) is 5.73 Å². The summed E-state index contributed by atoms with van der Waals surface area (Å²) < 4.78 is 0. The summed E-state index contributed by atoms with van der Waals surface area (Å²) in [4.78, 5) is 15.6. The van der Waals surface area contributed by atoms with Crippen LogP contribution in [0.4, 0.5) is 5.69 Å². The molecule has 0 radical (unpaired) electrons. The second-order valence-electron chi connectivity index (χ2n) is 3.11. The summed E-state index contributed by atoms with van der Waals surface area (Å²) in [5.41, 5.74) is 7.55. The van der Waals surface area contributed by atoms with Crippen LogP contribution in [-0.4, -0.2) is 24.7 Å². The van der Waals surface area contributed by atoms with Crippen molar-refractivity contribution in [1.29, 1.82) is 0 Å². The van der Waals surface area contributed by atoms with Crippen LogP contribution in [0.25, 0.3) is 0 Å². The van der Waals surface area contributed by atoms with E-state index in [0.29, 0.717) is 24.5 Å². The first kappa shape index (κ1) is 8.74. The molecule has 14 heavy (non-hydrogen) atoms. The van der Waals surface area contributed by atoms with Gasteiger partial charge in [-0.1, -0.05) is 12.1 Å². The maximum Gasteiger partial charge on any atom is 0.270 e. The van der Waals surface area contributed by atoms with E-state index in [0.717, 1.165) is 5.56 Å². The van der Waals surface area contributed by atoms with Crippen molar-refractivity contribution in [3.8, 4) is 0 Å². The van der Waals surface area contributed by atoms with Gasteiger partial charge in [0.15, 0.2) is 0 Å². The number of hydrogen-bond acceptors (Lipinski definition) is 3. The second kappa shape index (κ2) is 3.49. The summed E-state index contributed by atoms with van der Waals surface area (Å²) in [7, 11) is 0. The fourth-order valence-electron chi connectivity index (χ4n) is 1.36. The van der Waals surface area contributed by atoms with Crippen molar-refractivity contribution in [1.82, 2.24) is 5.32 Å². The Balaban J connectivity index is 2.34. The number of carbonyl (C=O) groups excluding carboxylic acids is 1. The SMILES string of the molecule is Nc1ccc(C2=NCCNC2=O)cc1. The van der Waals surface area contributed by atoms with E-state index in [1.54, 1.807) is 24.3 Å². The Bertz CT molecular complexity index is 381. The van der Waals surface area contributed by atoms with Crippen molar-refractivity contribution < 1.29 is 4.79 Å². The molecule has 0 atom stereocenters. The molecular weight excluding hydrogens is 178 g/mol. The zero-order valence-electron chi connectivity index (χ0n) is 7.66. The number of nitrogens with two attached hydrogens (primary N) is 1. The molecule has 0 aromatic heterocycles. The van der Waals surface area contributed by atoms with E-state index in [-0.39, 0.29) is 5.91 Å². The molecule has 0 spiro atoms. The number of hydrogen-bond donors (Lipinski definition) is 2. The smallest absolute Gasteiger partial charge is 0.270 e. The zero-order chi connectivity index (χ0) is 9.97.